The molecule has 0 heterocycles. The van der Waals surface area contributed by atoms with Gasteiger partial charge < -0.3 is 19.9 Å². The van der Waals surface area contributed by atoms with Gasteiger partial charge in [0.15, 0.2) is 0 Å². The summed E-state index contributed by atoms with van der Waals surface area (Å²) >= 11 is 0. The number of rotatable bonds is 11. The lowest BCUT2D eigenvalue weighted by Crippen LogP contribution is -2.39. The third-order valence-corrected chi connectivity index (χ3v) is 6.78. The zero-order valence-electron chi connectivity index (χ0n) is 23.1. The number of hydrogen-bond donors (Lipinski definition) is 2. The Kier molecular flexibility index (Phi) is 10.5. The van der Waals surface area contributed by atoms with Crippen LogP contribution in [0, 0.1) is 19.3 Å². The molecule has 0 saturated heterocycles. The van der Waals surface area contributed by atoms with Gasteiger partial charge in [-0.25, -0.2) is 4.79 Å². The fourth-order valence-electron chi connectivity index (χ4n) is 4.10. The minimum atomic E-state index is -0.700. The molecule has 198 valence electrons. The number of ether oxygens (including phenoxy) is 2. The van der Waals surface area contributed by atoms with Crippen LogP contribution in [-0.2, 0) is 16.0 Å². The standard InChI is InChI=1S/C30H43NO5/c1-9-23(24-13-14-25(19(2)17-24)28(33)31-21(4)29(34)35-8)12-10-22-11-15-26(20(3)16-22)36-18-27(32)30(5,6)7/h11,13-17,21,23,27,32H,9-10,12,18H2,1-8H3,(H,31,33). The number of methoxy groups -OCH3 is 1. The number of carbonyl (C=O) groups is 2. The number of aliphatic hydroxyl groups excluding tert-OH is 1. The third-order valence-electron chi connectivity index (χ3n) is 6.78. The van der Waals surface area contributed by atoms with E-state index in [1.807, 2.05) is 52.8 Å². The highest BCUT2D eigenvalue weighted by molar-refractivity contribution is 5.97. The summed E-state index contributed by atoms with van der Waals surface area (Å²) in [4.78, 5) is 24.2. The van der Waals surface area contributed by atoms with Crippen molar-refractivity contribution < 1.29 is 24.2 Å². The molecule has 0 aromatic heterocycles. The molecule has 2 rings (SSSR count). The smallest absolute Gasteiger partial charge is 0.328 e. The first-order chi connectivity index (χ1) is 16.9. The molecule has 0 saturated carbocycles. The van der Waals surface area contributed by atoms with Gasteiger partial charge in [-0.2, -0.15) is 0 Å². The molecule has 6 nitrogen and oxygen atoms in total. The molecule has 0 fully saturated rings. The van der Waals surface area contributed by atoms with Crippen molar-refractivity contribution in [3.63, 3.8) is 0 Å². The van der Waals surface area contributed by atoms with Crippen molar-refractivity contribution >= 4 is 11.9 Å². The number of benzene rings is 2. The van der Waals surface area contributed by atoms with E-state index < -0.39 is 18.1 Å². The van der Waals surface area contributed by atoms with Crippen molar-refractivity contribution in [1.82, 2.24) is 5.32 Å². The third kappa shape index (κ3) is 8.09. The molecule has 6 heteroatoms. The van der Waals surface area contributed by atoms with Crippen LogP contribution in [0.25, 0.3) is 0 Å². The highest BCUT2D eigenvalue weighted by atomic mass is 16.5. The number of hydrogen-bond acceptors (Lipinski definition) is 5. The maximum Gasteiger partial charge on any atom is 0.328 e. The maximum absolute atomic E-state index is 12.6. The molecule has 0 aliphatic carbocycles. The van der Waals surface area contributed by atoms with Gasteiger partial charge in [0, 0.05) is 5.56 Å². The molecule has 3 atom stereocenters. The van der Waals surface area contributed by atoms with Gasteiger partial charge in [0.1, 0.15) is 18.4 Å². The molecular formula is C30H43NO5. The summed E-state index contributed by atoms with van der Waals surface area (Å²) in [5.41, 5.74) is 4.75. The van der Waals surface area contributed by atoms with Crippen LogP contribution in [0.15, 0.2) is 36.4 Å². The molecule has 0 radical (unpaired) electrons. The normalized spacial score (nSPS) is 14.0. The Hall–Kier alpha value is -2.86. The predicted molar refractivity (Wildman–Crippen MR) is 144 cm³/mol. The lowest BCUT2D eigenvalue weighted by molar-refractivity contribution is -0.142. The zero-order chi connectivity index (χ0) is 27.0. The fraction of sp³-hybridized carbons (Fsp3) is 0.533. The van der Waals surface area contributed by atoms with E-state index in [2.05, 4.69) is 35.2 Å². The summed E-state index contributed by atoms with van der Waals surface area (Å²) in [5.74, 6) is 0.423. The molecule has 2 N–H and O–H groups in total. The molecule has 0 aliphatic rings. The Morgan fingerprint density at radius 3 is 2.31 bits per heavy atom. The van der Waals surface area contributed by atoms with Crippen LogP contribution in [0.4, 0.5) is 0 Å². The number of aryl methyl sites for hydroxylation is 3. The Morgan fingerprint density at radius 1 is 1.06 bits per heavy atom. The highest BCUT2D eigenvalue weighted by Crippen LogP contribution is 2.29. The van der Waals surface area contributed by atoms with Gasteiger partial charge in [0.25, 0.3) is 5.91 Å². The van der Waals surface area contributed by atoms with Crippen molar-refractivity contribution in [2.45, 2.75) is 85.8 Å². The summed E-state index contributed by atoms with van der Waals surface area (Å²) in [7, 11) is 1.30. The van der Waals surface area contributed by atoms with E-state index in [0.29, 0.717) is 11.5 Å². The van der Waals surface area contributed by atoms with E-state index in [4.69, 9.17) is 4.74 Å². The molecule has 36 heavy (non-hydrogen) atoms. The molecule has 0 aliphatic heterocycles. The Labute approximate surface area is 216 Å². The minimum Gasteiger partial charge on any atom is -0.491 e. The van der Waals surface area contributed by atoms with Crippen LogP contribution >= 0.6 is 0 Å². The largest absolute Gasteiger partial charge is 0.491 e. The van der Waals surface area contributed by atoms with Crippen molar-refractivity contribution in [3.8, 4) is 5.75 Å². The average molecular weight is 498 g/mol. The van der Waals surface area contributed by atoms with Crippen LogP contribution in [0.2, 0.25) is 0 Å². The zero-order valence-corrected chi connectivity index (χ0v) is 23.1. The van der Waals surface area contributed by atoms with Gasteiger partial charge >= 0.3 is 5.97 Å². The Balaban J connectivity index is 2.02. The van der Waals surface area contributed by atoms with Gasteiger partial charge in [-0.05, 0) is 85.8 Å². The summed E-state index contributed by atoms with van der Waals surface area (Å²) in [6.45, 7) is 14.0. The topological polar surface area (TPSA) is 84.9 Å². The van der Waals surface area contributed by atoms with E-state index in [9.17, 15) is 14.7 Å². The monoisotopic (exact) mass is 497 g/mol. The summed E-state index contributed by atoms with van der Waals surface area (Å²) in [6.07, 6.45) is 2.39. The second kappa shape index (κ2) is 12.9. The lowest BCUT2D eigenvalue weighted by atomic mass is 9.88. The molecule has 2 aromatic carbocycles. The van der Waals surface area contributed by atoms with Crippen molar-refractivity contribution in [2.24, 2.45) is 5.41 Å². The van der Waals surface area contributed by atoms with Crippen molar-refractivity contribution in [2.75, 3.05) is 13.7 Å². The van der Waals surface area contributed by atoms with Crippen LogP contribution in [0.3, 0.4) is 0 Å². The van der Waals surface area contributed by atoms with Crippen LogP contribution in [0.5, 0.6) is 5.75 Å². The number of carbonyl (C=O) groups excluding carboxylic acids is 2. The number of aliphatic hydroxyl groups is 1. The van der Waals surface area contributed by atoms with Gasteiger partial charge in [0.05, 0.1) is 13.2 Å². The first-order valence-corrected chi connectivity index (χ1v) is 12.8. The first kappa shape index (κ1) is 29.4. The summed E-state index contributed by atoms with van der Waals surface area (Å²) < 4.78 is 10.6. The number of esters is 1. The van der Waals surface area contributed by atoms with Gasteiger partial charge in [-0.3, -0.25) is 4.79 Å². The van der Waals surface area contributed by atoms with E-state index in [1.54, 1.807) is 6.92 Å². The molecule has 0 bridgehead atoms. The van der Waals surface area contributed by atoms with E-state index >= 15 is 0 Å². The van der Waals surface area contributed by atoms with Crippen LogP contribution in [-0.4, -0.2) is 42.8 Å². The summed E-state index contributed by atoms with van der Waals surface area (Å²) in [5, 5.41) is 12.9. The Bertz CT molecular complexity index is 1040. The molecule has 1 amide bonds. The molecule has 3 unspecified atom stereocenters. The van der Waals surface area contributed by atoms with E-state index in [-0.39, 0.29) is 17.9 Å². The maximum atomic E-state index is 12.6. The van der Waals surface area contributed by atoms with Crippen molar-refractivity contribution in [3.05, 3.63) is 64.2 Å². The van der Waals surface area contributed by atoms with Crippen molar-refractivity contribution in [1.29, 1.82) is 0 Å². The minimum absolute atomic E-state index is 0.217. The average Bonchev–Trinajstić information content (AvgIpc) is 2.82. The second-order valence-electron chi connectivity index (χ2n) is 10.7. The van der Waals surface area contributed by atoms with E-state index in [1.165, 1.54) is 18.2 Å². The first-order valence-electron chi connectivity index (χ1n) is 12.8. The quantitative estimate of drug-likeness (QED) is 0.400. The van der Waals surface area contributed by atoms with Crippen LogP contribution in [0.1, 0.15) is 86.0 Å². The highest BCUT2D eigenvalue weighted by Gasteiger charge is 2.23. The molecular weight excluding hydrogens is 454 g/mol. The van der Waals surface area contributed by atoms with Gasteiger partial charge in [-0.15, -0.1) is 0 Å². The number of nitrogens with one attached hydrogen (secondary N) is 1. The summed E-state index contributed by atoms with van der Waals surface area (Å²) in [6, 6.07) is 11.5. The SMILES string of the molecule is CCC(CCc1ccc(OCC(O)C(C)(C)C)c(C)c1)c1ccc(C(=O)NC(C)C(=O)OC)c(C)c1. The van der Waals surface area contributed by atoms with E-state index in [0.717, 1.165) is 36.1 Å². The van der Waals surface area contributed by atoms with Gasteiger partial charge in [-0.1, -0.05) is 52.0 Å². The second-order valence-corrected chi connectivity index (χ2v) is 10.7. The Morgan fingerprint density at radius 2 is 1.75 bits per heavy atom. The lowest BCUT2D eigenvalue weighted by Gasteiger charge is -2.26. The van der Waals surface area contributed by atoms with Gasteiger partial charge in [0.2, 0.25) is 0 Å². The molecule has 0 spiro atoms. The number of amides is 1. The molecule has 2 aromatic rings. The predicted octanol–water partition coefficient (Wildman–Crippen LogP) is 5.51. The fourth-order valence-corrected chi connectivity index (χ4v) is 4.10. The van der Waals surface area contributed by atoms with Crippen LogP contribution < -0.4 is 10.1 Å².